The number of aromatic nitrogens is 1. The van der Waals surface area contributed by atoms with Crippen LogP contribution >= 0.6 is 0 Å². The molecular formula is C14H21N3O. The molecule has 1 aliphatic heterocycles. The number of rotatable bonds is 4. The largest absolute Gasteiger partial charge is 0.350 e. The second-order valence-electron chi connectivity index (χ2n) is 4.99. The lowest BCUT2D eigenvalue weighted by molar-refractivity contribution is 0.0940. The summed E-state index contributed by atoms with van der Waals surface area (Å²) in [7, 11) is 0. The molecule has 0 bridgehead atoms. The molecule has 1 N–H and O–H groups in total. The van der Waals surface area contributed by atoms with E-state index in [1.54, 1.807) is 6.20 Å². The molecule has 4 heteroatoms. The number of pyridine rings is 1. The maximum Gasteiger partial charge on any atom is 0.252 e. The van der Waals surface area contributed by atoms with Gasteiger partial charge in [0.05, 0.1) is 5.56 Å². The van der Waals surface area contributed by atoms with Crippen molar-refractivity contribution in [2.45, 2.75) is 32.7 Å². The maximum absolute atomic E-state index is 11.9. The SMILES string of the molecule is Cc1ccc(C(=O)NCC(C)N2CCCC2)cn1. The Hall–Kier alpha value is -1.42. The van der Waals surface area contributed by atoms with Crippen molar-refractivity contribution in [2.75, 3.05) is 19.6 Å². The van der Waals surface area contributed by atoms with Gasteiger partial charge in [-0.25, -0.2) is 0 Å². The molecule has 1 unspecified atom stereocenters. The molecule has 0 spiro atoms. The number of hydrogen-bond donors (Lipinski definition) is 1. The first-order chi connectivity index (χ1) is 8.66. The molecule has 0 radical (unpaired) electrons. The van der Waals surface area contributed by atoms with Gasteiger partial charge in [0.25, 0.3) is 5.91 Å². The number of aryl methyl sites for hydroxylation is 1. The molecule has 1 aromatic rings. The lowest BCUT2D eigenvalue weighted by Crippen LogP contribution is -2.40. The van der Waals surface area contributed by atoms with Crippen molar-refractivity contribution in [3.8, 4) is 0 Å². The van der Waals surface area contributed by atoms with E-state index >= 15 is 0 Å². The van der Waals surface area contributed by atoms with Gasteiger partial charge in [-0.3, -0.25) is 14.7 Å². The van der Waals surface area contributed by atoms with E-state index in [0.29, 0.717) is 18.2 Å². The lowest BCUT2D eigenvalue weighted by atomic mass is 10.2. The van der Waals surface area contributed by atoms with Crippen LogP contribution in [0.15, 0.2) is 18.3 Å². The summed E-state index contributed by atoms with van der Waals surface area (Å²) in [6, 6.07) is 4.09. The highest BCUT2D eigenvalue weighted by Crippen LogP contribution is 2.10. The topological polar surface area (TPSA) is 45.2 Å². The Balaban J connectivity index is 1.82. The van der Waals surface area contributed by atoms with Crippen LogP contribution in [-0.2, 0) is 0 Å². The summed E-state index contributed by atoms with van der Waals surface area (Å²) in [6.07, 6.45) is 4.19. The zero-order valence-corrected chi connectivity index (χ0v) is 11.1. The van der Waals surface area contributed by atoms with Crippen molar-refractivity contribution in [3.63, 3.8) is 0 Å². The molecule has 2 rings (SSSR count). The van der Waals surface area contributed by atoms with Crippen molar-refractivity contribution in [1.29, 1.82) is 0 Å². The number of nitrogens with zero attached hydrogens (tertiary/aromatic N) is 2. The lowest BCUT2D eigenvalue weighted by Gasteiger charge is -2.23. The summed E-state index contributed by atoms with van der Waals surface area (Å²) < 4.78 is 0. The van der Waals surface area contributed by atoms with E-state index in [-0.39, 0.29) is 5.91 Å². The quantitative estimate of drug-likeness (QED) is 0.879. The summed E-state index contributed by atoms with van der Waals surface area (Å²) in [6.45, 7) is 7.09. The van der Waals surface area contributed by atoms with Crippen LogP contribution in [0.4, 0.5) is 0 Å². The van der Waals surface area contributed by atoms with Crippen LogP contribution in [0.1, 0.15) is 35.8 Å². The number of carbonyl (C=O) groups excluding carboxylic acids is 1. The van der Waals surface area contributed by atoms with E-state index in [1.165, 1.54) is 12.8 Å². The van der Waals surface area contributed by atoms with Gasteiger partial charge in [0, 0.05) is 24.5 Å². The molecule has 0 aromatic carbocycles. The van der Waals surface area contributed by atoms with Gasteiger partial charge in [-0.05, 0) is 51.9 Å². The Morgan fingerprint density at radius 2 is 2.17 bits per heavy atom. The fourth-order valence-corrected chi connectivity index (χ4v) is 2.26. The van der Waals surface area contributed by atoms with Gasteiger partial charge < -0.3 is 5.32 Å². The first-order valence-electron chi connectivity index (χ1n) is 6.62. The van der Waals surface area contributed by atoms with Crippen molar-refractivity contribution < 1.29 is 4.79 Å². The summed E-state index contributed by atoms with van der Waals surface area (Å²) in [5.74, 6) is -0.0338. The second kappa shape index (κ2) is 5.96. The average Bonchev–Trinajstić information content (AvgIpc) is 2.90. The summed E-state index contributed by atoms with van der Waals surface area (Å²) >= 11 is 0. The maximum atomic E-state index is 11.9. The van der Waals surface area contributed by atoms with Crippen LogP contribution in [-0.4, -0.2) is 41.5 Å². The Morgan fingerprint density at radius 3 is 2.78 bits per heavy atom. The van der Waals surface area contributed by atoms with Crippen molar-refractivity contribution in [3.05, 3.63) is 29.6 Å². The number of amides is 1. The van der Waals surface area contributed by atoms with E-state index in [9.17, 15) is 4.79 Å². The molecule has 1 aliphatic rings. The Labute approximate surface area is 108 Å². The van der Waals surface area contributed by atoms with E-state index in [1.807, 2.05) is 19.1 Å². The normalized spacial score (nSPS) is 17.7. The van der Waals surface area contributed by atoms with Crippen molar-refractivity contribution in [1.82, 2.24) is 15.2 Å². The third kappa shape index (κ3) is 3.29. The molecule has 18 heavy (non-hydrogen) atoms. The average molecular weight is 247 g/mol. The monoisotopic (exact) mass is 247 g/mol. The molecule has 1 saturated heterocycles. The van der Waals surface area contributed by atoms with Crippen LogP contribution in [0.2, 0.25) is 0 Å². The van der Waals surface area contributed by atoms with E-state index in [4.69, 9.17) is 0 Å². The minimum atomic E-state index is -0.0338. The van der Waals surface area contributed by atoms with Gasteiger partial charge >= 0.3 is 0 Å². The third-order valence-electron chi connectivity index (χ3n) is 3.50. The summed E-state index contributed by atoms with van der Waals surface area (Å²) in [5, 5.41) is 2.97. The molecule has 98 valence electrons. The van der Waals surface area contributed by atoms with Crippen LogP contribution in [0.5, 0.6) is 0 Å². The van der Waals surface area contributed by atoms with Crippen LogP contribution in [0.25, 0.3) is 0 Å². The highest BCUT2D eigenvalue weighted by Gasteiger charge is 2.18. The zero-order chi connectivity index (χ0) is 13.0. The van der Waals surface area contributed by atoms with Crippen molar-refractivity contribution in [2.24, 2.45) is 0 Å². The van der Waals surface area contributed by atoms with Gasteiger partial charge in [-0.1, -0.05) is 0 Å². The van der Waals surface area contributed by atoms with Crippen LogP contribution < -0.4 is 5.32 Å². The molecule has 0 aliphatic carbocycles. The smallest absolute Gasteiger partial charge is 0.252 e. The van der Waals surface area contributed by atoms with Gasteiger partial charge in [0.1, 0.15) is 0 Å². The predicted molar refractivity (Wildman–Crippen MR) is 71.6 cm³/mol. The fourth-order valence-electron chi connectivity index (χ4n) is 2.26. The Bertz CT molecular complexity index is 396. The third-order valence-corrected chi connectivity index (χ3v) is 3.50. The number of likely N-dealkylation sites (tertiary alicyclic amines) is 1. The molecule has 1 atom stereocenters. The fraction of sp³-hybridized carbons (Fsp3) is 0.571. The zero-order valence-electron chi connectivity index (χ0n) is 11.1. The van der Waals surface area contributed by atoms with E-state index in [0.717, 1.165) is 18.8 Å². The molecule has 4 nitrogen and oxygen atoms in total. The summed E-state index contributed by atoms with van der Waals surface area (Å²) in [5.41, 5.74) is 1.56. The molecule has 0 saturated carbocycles. The van der Waals surface area contributed by atoms with Gasteiger partial charge in [0.15, 0.2) is 0 Å². The highest BCUT2D eigenvalue weighted by molar-refractivity contribution is 5.93. The first-order valence-corrected chi connectivity index (χ1v) is 6.62. The predicted octanol–water partition coefficient (Wildman–Crippen LogP) is 1.60. The molecule has 1 fully saturated rings. The minimum Gasteiger partial charge on any atom is -0.350 e. The number of hydrogen-bond acceptors (Lipinski definition) is 3. The van der Waals surface area contributed by atoms with Gasteiger partial charge in [0.2, 0.25) is 0 Å². The number of nitrogens with one attached hydrogen (secondary N) is 1. The van der Waals surface area contributed by atoms with Crippen molar-refractivity contribution >= 4 is 5.91 Å². The van der Waals surface area contributed by atoms with Crippen LogP contribution in [0, 0.1) is 6.92 Å². The minimum absolute atomic E-state index is 0.0338. The highest BCUT2D eigenvalue weighted by atomic mass is 16.1. The molecular weight excluding hydrogens is 226 g/mol. The standard InChI is InChI=1S/C14H21N3O/c1-11-5-6-13(10-15-11)14(18)16-9-12(2)17-7-3-4-8-17/h5-6,10,12H,3-4,7-9H2,1-2H3,(H,16,18). The number of carbonyl (C=O) groups is 1. The van der Waals surface area contributed by atoms with E-state index < -0.39 is 0 Å². The molecule has 2 heterocycles. The first kappa shape index (κ1) is 13.0. The Kier molecular flexibility index (Phi) is 4.31. The van der Waals surface area contributed by atoms with Crippen LogP contribution in [0.3, 0.4) is 0 Å². The molecule has 1 aromatic heterocycles. The van der Waals surface area contributed by atoms with Gasteiger partial charge in [-0.2, -0.15) is 0 Å². The summed E-state index contributed by atoms with van der Waals surface area (Å²) in [4.78, 5) is 18.5. The van der Waals surface area contributed by atoms with Gasteiger partial charge in [-0.15, -0.1) is 0 Å². The molecule has 1 amide bonds. The van der Waals surface area contributed by atoms with E-state index in [2.05, 4.69) is 22.1 Å². The Morgan fingerprint density at radius 1 is 1.44 bits per heavy atom. The second-order valence-corrected chi connectivity index (χ2v) is 4.99.